The normalized spacial score (nSPS) is 18.1. The van der Waals surface area contributed by atoms with Crippen molar-refractivity contribution < 1.29 is 18.0 Å². The van der Waals surface area contributed by atoms with Crippen LogP contribution in [0, 0.1) is 17.3 Å². The lowest BCUT2D eigenvalue weighted by Crippen LogP contribution is -2.26. The van der Waals surface area contributed by atoms with Gasteiger partial charge in [-0.25, -0.2) is 15.0 Å². The standard InChI is InChI=1S/C29H26F3N7O/c1-2-3-13-38-17-28(9-10-28)16-21(38)26-37-23(24-25(33)35-12-14-39(24)26)18-4-6-19(7-5-18)27(40)36-22-15-20(8-11-34-22)29(30,31)32/h4-8,11-12,14-15,21H,9-10,13,16-17H2,1H3,(H2,33,35)(H,34,36,40)/t21-/m0/s1. The molecule has 8 nitrogen and oxygen atoms in total. The number of halogens is 3. The molecule has 0 radical (unpaired) electrons. The van der Waals surface area contributed by atoms with Crippen LogP contribution in [-0.4, -0.2) is 43.2 Å². The first-order valence-electron chi connectivity index (χ1n) is 12.9. The number of amides is 1. The van der Waals surface area contributed by atoms with E-state index in [4.69, 9.17) is 10.7 Å². The van der Waals surface area contributed by atoms with Gasteiger partial charge in [-0.1, -0.05) is 18.1 Å². The van der Waals surface area contributed by atoms with Crippen LogP contribution in [0.3, 0.4) is 0 Å². The third-order valence-electron chi connectivity index (χ3n) is 7.68. The Bertz CT molecular complexity index is 1660. The third kappa shape index (κ3) is 4.75. The molecule has 0 bridgehead atoms. The van der Waals surface area contributed by atoms with Gasteiger partial charge in [-0.05, 0) is 55.9 Å². The zero-order chi connectivity index (χ0) is 28.1. The number of fused-ring (bicyclic) bond motifs is 1. The SMILES string of the molecule is CC#CCN1CC2(CC2)C[C@H]1c1nc(-c2ccc(C(=O)Nc3cc(C(F)(F)F)ccn3)cc2)c2c(N)nccn12. The van der Waals surface area contributed by atoms with Crippen LogP contribution in [0.1, 0.15) is 54.0 Å². The van der Waals surface area contributed by atoms with E-state index in [9.17, 15) is 18.0 Å². The number of alkyl halides is 3. The van der Waals surface area contributed by atoms with Crippen molar-refractivity contribution in [2.24, 2.45) is 5.41 Å². The molecule has 2 fully saturated rings. The van der Waals surface area contributed by atoms with Crippen LogP contribution >= 0.6 is 0 Å². The van der Waals surface area contributed by atoms with E-state index < -0.39 is 17.6 Å². The van der Waals surface area contributed by atoms with Gasteiger partial charge >= 0.3 is 6.18 Å². The van der Waals surface area contributed by atoms with Crippen molar-refractivity contribution in [2.75, 3.05) is 24.1 Å². The van der Waals surface area contributed by atoms with E-state index in [1.807, 2.05) is 17.5 Å². The number of likely N-dealkylation sites (tertiary alicyclic amines) is 1. The lowest BCUT2D eigenvalue weighted by atomic mass is 10.0. The first-order valence-corrected chi connectivity index (χ1v) is 12.9. The molecule has 4 aromatic rings. The lowest BCUT2D eigenvalue weighted by molar-refractivity contribution is -0.137. The van der Waals surface area contributed by atoms with Crippen molar-refractivity contribution in [3.63, 3.8) is 0 Å². The Morgan fingerprint density at radius 1 is 1.18 bits per heavy atom. The molecule has 1 amide bonds. The summed E-state index contributed by atoms with van der Waals surface area (Å²) in [6.07, 6.45) is 3.41. The van der Waals surface area contributed by atoms with Gasteiger partial charge in [0, 0.05) is 36.3 Å². The molecule has 1 atom stereocenters. The van der Waals surface area contributed by atoms with Gasteiger partial charge in [0.25, 0.3) is 5.91 Å². The molecule has 1 aliphatic carbocycles. The summed E-state index contributed by atoms with van der Waals surface area (Å²) in [4.78, 5) is 28.3. The van der Waals surface area contributed by atoms with Gasteiger partial charge in [0.15, 0.2) is 0 Å². The minimum absolute atomic E-state index is 0.0800. The Labute approximate surface area is 228 Å². The number of hydrogen-bond donors (Lipinski definition) is 2. The molecule has 1 saturated heterocycles. The fraction of sp³-hybridized carbons (Fsp3) is 0.310. The van der Waals surface area contributed by atoms with Gasteiger partial charge in [0.05, 0.1) is 18.2 Å². The average Bonchev–Trinajstić information content (AvgIpc) is 3.42. The van der Waals surface area contributed by atoms with E-state index in [1.54, 1.807) is 30.5 Å². The number of carbonyl (C=O) groups is 1. The number of hydrogen-bond acceptors (Lipinski definition) is 6. The lowest BCUT2D eigenvalue weighted by Gasteiger charge is -2.21. The number of aromatic nitrogens is 4. The van der Waals surface area contributed by atoms with Gasteiger partial charge < -0.3 is 11.1 Å². The van der Waals surface area contributed by atoms with Crippen molar-refractivity contribution in [1.82, 2.24) is 24.3 Å². The summed E-state index contributed by atoms with van der Waals surface area (Å²) in [6.45, 7) is 3.49. The molecule has 3 aromatic heterocycles. The highest BCUT2D eigenvalue weighted by Crippen LogP contribution is 2.58. The minimum Gasteiger partial charge on any atom is -0.382 e. The monoisotopic (exact) mass is 545 g/mol. The van der Waals surface area contributed by atoms with Gasteiger partial charge in [-0.3, -0.25) is 14.1 Å². The van der Waals surface area contributed by atoms with E-state index in [-0.39, 0.29) is 17.4 Å². The number of imidazole rings is 1. The Hall–Kier alpha value is -4.43. The maximum Gasteiger partial charge on any atom is 0.416 e. The van der Waals surface area contributed by atoms with Crippen LogP contribution in [0.2, 0.25) is 0 Å². The number of nitrogens with two attached hydrogens (primary N) is 1. The molecular formula is C29H26F3N7O. The summed E-state index contributed by atoms with van der Waals surface area (Å²) in [5.41, 5.74) is 8.09. The number of benzene rings is 1. The molecule has 1 aliphatic heterocycles. The predicted octanol–water partition coefficient (Wildman–Crippen LogP) is 5.19. The Morgan fingerprint density at radius 3 is 2.65 bits per heavy atom. The molecule has 2 aliphatic rings. The van der Waals surface area contributed by atoms with Gasteiger partial charge in [0.1, 0.15) is 28.7 Å². The highest BCUT2D eigenvalue weighted by Gasteiger charge is 2.53. The summed E-state index contributed by atoms with van der Waals surface area (Å²) in [6, 6.07) is 8.39. The summed E-state index contributed by atoms with van der Waals surface area (Å²) >= 11 is 0. The van der Waals surface area contributed by atoms with Crippen molar-refractivity contribution in [3.8, 4) is 23.1 Å². The van der Waals surface area contributed by atoms with Crippen LogP contribution in [0.15, 0.2) is 55.0 Å². The zero-order valence-electron chi connectivity index (χ0n) is 21.7. The van der Waals surface area contributed by atoms with E-state index >= 15 is 0 Å². The highest BCUT2D eigenvalue weighted by atomic mass is 19.4. The molecule has 40 heavy (non-hydrogen) atoms. The first-order chi connectivity index (χ1) is 19.2. The van der Waals surface area contributed by atoms with Gasteiger partial charge in [-0.15, -0.1) is 5.92 Å². The van der Waals surface area contributed by atoms with Crippen LogP contribution < -0.4 is 11.1 Å². The number of pyridine rings is 1. The second kappa shape index (κ2) is 9.64. The number of nitrogen functional groups attached to an aromatic ring is 1. The fourth-order valence-corrected chi connectivity index (χ4v) is 5.45. The Morgan fingerprint density at radius 2 is 1.95 bits per heavy atom. The number of carbonyl (C=O) groups excluding carboxylic acids is 1. The predicted molar refractivity (Wildman–Crippen MR) is 144 cm³/mol. The Balaban J connectivity index is 1.31. The highest BCUT2D eigenvalue weighted by molar-refractivity contribution is 6.04. The van der Waals surface area contributed by atoms with E-state index in [2.05, 4.69) is 32.0 Å². The van der Waals surface area contributed by atoms with Crippen LogP contribution in [-0.2, 0) is 6.18 Å². The quantitative estimate of drug-likeness (QED) is 0.335. The van der Waals surface area contributed by atoms with Crippen molar-refractivity contribution in [3.05, 3.63) is 71.9 Å². The number of nitrogens with zero attached hydrogens (tertiary/aromatic N) is 5. The molecule has 4 heterocycles. The number of nitrogens with one attached hydrogen (secondary N) is 1. The van der Waals surface area contributed by atoms with E-state index in [1.165, 1.54) is 12.8 Å². The second-order valence-electron chi connectivity index (χ2n) is 10.4. The van der Waals surface area contributed by atoms with Crippen molar-refractivity contribution >= 4 is 23.1 Å². The molecule has 1 aromatic carbocycles. The first kappa shape index (κ1) is 25.8. The molecule has 1 saturated carbocycles. The van der Waals surface area contributed by atoms with Gasteiger partial charge in [-0.2, -0.15) is 13.2 Å². The largest absolute Gasteiger partial charge is 0.416 e. The van der Waals surface area contributed by atoms with Crippen LogP contribution in [0.5, 0.6) is 0 Å². The minimum atomic E-state index is -4.54. The number of rotatable bonds is 5. The molecule has 6 rings (SSSR count). The van der Waals surface area contributed by atoms with E-state index in [0.29, 0.717) is 29.0 Å². The fourth-order valence-electron chi connectivity index (χ4n) is 5.45. The summed E-state index contributed by atoms with van der Waals surface area (Å²) in [7, 11) is 0. The molecule has 204 valence electrons. The maximum atomic E-state index is 13.0. The van der Waals surface area contributed by atoms with Crippen LogP contribution in [0.25, 0.3) is 16.8 Å². The van der Waals surface area contributed by atoms with Crippen molar-refractivity contribution in [2.45, 2.75) is 38.4 Å². The van der Waals surface area contributed by atoms with Crippen LogP contribution in [0.4, 0.5) is 24.8 Å². The topological polar surface area (TPSA) is 101 Å². The van der Waals surface area contributed by atoms with Gasteiger partial charge in [0.2, 0.25) is 0 Å². The molecule has 3 N–H and O–H groups in total. The molecule has 0 unspecified atom stereocenters. The number of anilines is 2. The molecular weight excluding hydrogens is 519 g/mol. The summed E-state index contributed by atoms with van der Waals surface area (Å²) in [5, 5.41) is 2.43. The summed E-state index contributed by atoms with van der Waals surface area (Å²) in [5.74, 6) is 6.65. The zero-order valence-corrected chi connectivity index (χ0v) is 21.7. The third-order valence-corrected chi connectivity index (χ3v) is 7.68. The smallest absolute Gasteiger partial charge is 0.382 e. The maximum absolute atomic E-state index is 13.0. The summed E-state index contributed by atoms with van der Waals surface area (Å²) < 4.78 is 41.1. The second-order valence-corrected chi connectivity index (χ2v) is 10.4. The van der Waals surface area contributed by atoms with E-state index in [0.717, 1.165) is 42.7 Å². The Kier molecular flexibility index (Phi) is 6.22. The average molecular weight is 546 g/mol. The molecule has 1 spiro atoms. The van der Waals surface area contributed by atoms with Crippen molar-refractivity contribution in [1.29, 1.82) is 0 Å². The molecule has 11 heteroatoms.